The van der Waals surface area contributed by atoms with Gasteiger partial charge in [-0.3, -0.25) is 0 Å². The Bertz CT molecular complexity index is 890. The number of hydrogen-bond donors (Lipinski definition) is 0. The molecule has 1 aliphatic rings. The van der Waals surface area contributed by atoms with E-state index < -0.39 is 0 Å². The van der Waals surface area contributed by atoms with Gasteiger partial charge in [0.15, 0.2) is 0 Å². The molecule has 0 saturated carbocycles. The Morgan fingerprint density at radius 2 is 1.59 bits per heavy atom. The lowest BCUT2D eigenvalue weighted by molar-refractivity contribution is 0.414. The van der Waals surface area contributed by atoms with E-state index in [9.17, 15) is 0 Å². The number of hydrogen-bond acceptors (Lipinski definition) is 1. The number of ether oxygens (including phenoxy) is 1. The maximum absolute atomic E-state index is 5.30. The van der Waals surface area contributed by atoms with E-state index in [1.165, 1.54) is 29.5 Å². The van der Waals surface area contributed by atoms with Gasteiger partial charge in [-0.1, -0.05) is 60.2 Å². The Labute approximate surface area is 163 Å². The van der Waals surface area contributed by atoms with Crippen molar-refractivity contribution >= 4 is 0 Å². The van der Waals surface area contributed by atoms with Crippen LogP contribution in [0.1, 0.15) is 45.7 Å². The molecule has 4 rings (SSSR count). The molecule has 1 nitrogen and oxygen atoms in total. The minimum Gasteiger partial charge on any atom is -0.497 e. The first-order valence-electron chi connectivity index (χ1n) is 10.0. The van der Waals surface area contributed by atoms with Crippen LogP contribution in [0.4, 0.5) is 0 Å². The summed E-state index contributed by atoms with van der Waals surface area (Å²) in [4.78, 5) is 0. The fraction of sp³-hybridized carbons (Fsp3) is 0.308. The van der Waals surface area contributed by atoms with Crippen LogP contribution in [0, 0.1) is 6.92 Å². The molecule has 0 heterocycles. The van der Waals surface area contributed by atoms with Crippen molar-refractivity contribution < 1.29 is 4.74 Å². The van der Waals surface area contributed by atoms with Gasteiger partial charge < -0.3 is 4.74 Å². The summed E-state index contributed by atoms with van der Waals surface area (Å²) < 4.78 is 5.30. The van der Waals surface area contributed by atoms with E-state index in [0.717, 1.165) is 25.0 Å². The van der Waals surface area contributed by atoms with Gasteiger partial charge in [0.1, 0.15) is 5.75 Å². The molecule has 1 unspecified atom stereocenters. The number of fused-ring (bicyclic) bond motifs is 1. The van der Waals surface area contributed by atoms with Crippen molar-refractivity contribution in [3.05, 3.63) is 100 Å². The second-order valence-corrected chi connectivity index (χ2v) is 7.76. The van der Waals surface area contributed by atoms with Gasteiger partial charge in [-0.15, -0.1) is 0 Å². The van der Waals surface area contributed by atoms with Crippen LogP contribution in [0.15, 0.2) is 66.7 Å². The highest BCUT2D eigenvalue weighted by molar-refractivity contribution is 5.43. The van der Waals surface area contributed by atoms with Crippen LogP contribution in [-0.2, 0) is 25.7 Å². The van der Waals surface area contributed by atoms with E-state index in [0.29, 0.717) is 5.92 Å². The fourth-order valence-electron chi connectivity index (χ4n) is 4.38. The topological polar surface area (TPSA) is 9.23 Å². The van der Waals surface area contributed by atoms with Crippen LogP contribution >= 0.6 is 0 Å². The van der Waals surface area contributed by atoms with Gasteiger partial charge in [-0.05, 0) is 84.9 Å². The molecule has 0 N–H and O–H groups in total. The lowest BCUT2D eigenvalue weighted by Gasteiger charge is -2.17. The van der Waals surface area contributed by atoms with Gasteiger partial charge in [0.2, 0.25) is 0 Å². The highest BCUT2D eigenvalue weighted by Gasteiger charge is 2.25. The minimum absolute atomic E-state index is 0.641. The molecule has 138 valence electrons. The molecule has 3 aromatic rings. The lowest BCUT2D eigenvalue weighted by Crippen LogP contribution is -2.04. The van der Waals surface area contributed by atoms with Crippen molar-refractivity contribution in [1.82, 2.24) is 0 Å². The predicted octanol–water partition coefficient (Wildman–Crippen LogP) is 6.06. The van der Waals surface area contributed by atoms with Crippen molar-refractivity contribution in [1.29, 1.82) is 0 Å². The second kappa shape index (κ2) is 8.00. The molecule has 0 radical (unpaired) electrons. The first-order valence-corrected chi connectivity index (χ1v) is 10.0. The molecule has 0 amide bonds. The number of benzene rings is 3. The van der Waals surface area contributed by atoms with E-state index in [2.05, 4.69) is 73.7 Å². The van der Waals surface area contributed by atoms with Crippen LogP contribution < -0.4 is 4.74 Å². The van der Waals surface area contributed by atoms with E-state index >= 15 is 0 Å². The molecule has 0 fully saturated rings. The monoisotopic (exact) mass is 356 g/mol. The van der Waals surface area contributed by atoms with Crippen molar-refractivity contribution in [2.45, 2.75) is 44.9 Å². The maximum atomic E-state index is 5.30. The third kappa shape index (κ3) is 4.08. The molecule has 0 saturated heterocycles. The van der Waals surface area contributed by atoms with Crippen molar-refractivity contribution in [2.24, 2.45) is 0 Å². The van der Waals surface area contributed by atoms with E-state index in [-0.39, 0.29) is 0 Å². The molecule has 1 aliphatic carbocycles. The molecule has 1 atom stereocenters. The smallest absolute Gasteiger partial charge is 0.118 e. The summed E-state index contributed by atoms with van der Waals surface area (Å²) in [6.07, 6.45) is 5.85. The van der Waals surface area contributed by atoms with E-state index in [1.54, 1.807) is 23.8 Å². The number of methoxy groups -OCH3 is 1. The molecule has 3 aromatic carbocycles. The highest BCUT2D eigenvalue weighted by atomic mass is 16.5. The molecule has 1 heteroatoms. The average Bonchev–Trinajstić information content (AvgIpc) is 3.12. The quantitative estimate of drug-likeness (QED) is 0.521. The van der Waals surface area contributed by atoms with Crippen LogP contribution in [0.5, 0.6) is 5.75 Å². The minimum atomic E-state index is 0.641. The fourth-order valence-corrected chi connectivity index (χ4v) is 4.38. The largest absolute Gasteiger partial charge is 0.497 e. The Balaban J connectivity index is 1.51. The number of rotatable bonds is 6. The second-order valence-electron chi connectivity index (χ2n) is 7.76. The Kier molecular flexibility index (Phi) is 5.29. The number of aryl methyl sites for hydroxylation is 4. The molecule has 27 heavy (non-hydrogen) atoms. The standard InChI is InChI=1S/C26H28O/c1-19-6-8-20(9-7-19)10-13-22-4-3-5-23-14-15-24(26(22)23)18-21-11-16-25(27-2)17-12-21/h3-9,11-12,16-17,24H,10,13-15,18H2,1-2H3. The summed E-state index contributed by atoms with van der Waals surface area (Å²) in [5.74, 6) is 1.58. The third-order valence-electron chi connectivity index (χ3n) is 5.90. The molecular weight excluding hydrogens is 328 g/mol. The molecule has 0 aromatic heterocycles. The summed E-state index contributed by atoms with van der Waals surface area (Å²) in [5, 5.41) is 0. The van der Waals surface area contributed by atoms with E-state index in [4.69, 9.17) is 4.74 Å². The Morgan fingerprint density at radius 3 is 2.33 bits per heavy atom. The maximum Gasteiger partial charge on any atom is 0.118 e. The van der Waals surface area contributed by atoms with Crippen LogP contribution in [0.3, 0.4) is 0 Å². The molecular formula is C26H28O. The first kappa shape index (κ1) is 17.9. The Hall–Kier alpha value is -2.54. The van der Waals surface area contributed by atoms with Gasteiger partial charge in [-0.25, -0.2) is 0 Å². The van der Waals surface area contributed by atoms with Crippen LogP contribution in [0.2, 0.25) is 0 Å². The normalized spacial score (nSPS) is 15.6. The predicted molar refractivity (Wildman–Crippen MR) is 113 cm³/mol. The van der Waals surface area contributed by atoms with Crippen LogP contribution in [-0.4, -0.2) is 7.11 Å². The zero-order valence-electron chi connectivity index (χ0n) is 16.4. The van der Waals surface area contributed by atoms with Crippen molar-refractivity contribution in [3.63, 3.8) is 0 Å². The Morgan fingerprint density at radius 1 is 0.852 bits per heavy atom. The van der Waals surface area contributed by atoms with Crippen LogP contribution in [0.25, 0.3) is 0 Å². The molecule has 0 aliphatic heterocycles. The SMILES string of the molecule is COc1ccc(CC2CCc3cccc(CCc4ccc(C)cc4)c32)cc1. The highest BCUT2D eigenvalue weighted by Crippen LogP contribution is 2.38. The lowest BCUT2D eigenvalue weighted by atomic mass is 9.88. The zero-order valence-corrected chi connectivity index (χ0v) is 16.4. The summed E-state index contributed by atoms with van der Waals surface area (Å²) >= 11 is 0. The van der Waals surface area contributed by atoms with Crippen molar-refractivity contribution in [2.75, 3.05) is 7.11 Å². The summed E-state index contributed by atoms with van der Waals surface area (Å²) in [5.41, 5.74) is 8.91. The first-order chi connectivity index (χ1) is 13.2. The van der Waals surface area contributed by atoms with Gasteiger partial charge in [0, 0.05) is 0 Å². The van der Waals surface area contributed by atoms with Gasteiger partial charge in [0.25, 0.3) is 0 Å². The summed E-state index contributed by atoms with van der Waals surface area (Å²) in [6.45, 7) is 2.15. The summed E-state index contributed by atoms with van der Waals surface area (Å²) in [6, 6.07) is 24.5. The van der Waals surface area contributed by atoms with E-state index in [1.807, 2.05) is 0 Å². The van der Waals surface area contributed by atoms with Crippen molar-refractivity contribution in [3.8, 4) is 5.75 Å². The molecule has 0 bridgehead atoms. The summed E-state index contributed by atoms with van der Waals surface area (Å²) in [7, 11) is 1.72. The zero-order chi connectivity index (χ0) is 18.6. The average molecular weight is 357 g/mol. The van der Waals surface area contributed by atoms with Gasteiger partial charge >= 0.3 is 0 Å². The van der Waals surface area contributed by atoms with Gasteiger partial charge in [0.05, 0.1) is 7.11 Å². The molecule has 0 spiro atoms. The third-order valence-corrected chi connectivity index (χ3v) is 5.90. The van der Waals surface area contributed by atoms with Gasteiger partial charge in [-0.2, -0.15) is 0 Å².